The van der Waals surface area contributed by atoms with Gasteiger partial charge in [-0.25, -0.2) is 4.68 Å². The van der Waals surface area contributed by atoms with Crippen molar-refractivity contribution in [3.8, 4) is 11.6 Å². The van der Waals surface area contributed by atoms with Gasteiger partial charge >= 0.3 is 0 Å². The average molecular weight is 293 g/mol. The van der Waals surface area contributed by atoms with Crippen molar-refractivity contribution >= 4 is 17.4 Å². The molecule has 20 heavy (non-hydrogen) atoms. The van der Waals surface area contributed by atoms with Gasteiger partial charge < -0.3 is 10.5 Å². The standard InChI is InChI=1S/C14H17ClN4O/c1-4-9-7-10(5-6-11(9)15)20-14-12(13(16)17)8(2)18-19(14)3/h5-7H,4H2,1-3H3,(H3,16,17). The number of nitrogens with one attached hydrogen (secondary N) is 1. The van der Waals surface area contributed by atoms with E-state index in [1.165, 1.54) is 0 Å². The lowest BCUT2D eigenvalue weighted by Gasteiger charge is -2.10. The van der Waals surface area contributed by atoms with E-state index in [1.54, 1.807) is 30.8 Å². The number of aryl methyl sites for hydroxylation is 3. The van der Waals surface area contributed by atoms with E-state index in [1.807, 2.05) is 13.0 Å². The molecule has 2 aromatic rings. The zero-order valence-corrected chi connectivity index (χ0v) is 12.5. The van der Waals surface area contributed by atoms with E-state index in [-0.39, 0.29) is 5.84 Å². The van der Waals surface area contributed by atoms with Gasteiger partial charge in [0.05, 0.1) is 5.69 Å². The second kappa shape index (κ2) is 5.54. The molecular weight excluding hydrogens is 276 g/mol. The molecule has 5 nitrogen and oxygen atoms in total. The number of amidine groups is 1. The first-order valence-electron chi connectivity index (χ1n) is 6.28. The van der Waals surface area contributed by atoms with Crippen LogP contribution in [0.15, 0.2) is 18.2 Å². The number of hydrogen-bond donors (Lipinski definition) is 2. The van der Waals surface area contributed by atoms with Gasteiger partial charge in [0.1, 0.15) is 17.1 Å². The van der Waals surface area contributed by atoms with E-state index >= 15 is 0 Å². The fourth-order valence-corrected chi connectivity index (χ4v) is 2.31. The van der Waals surface area contributed by atoms with Crippen LogP contribution in [-0.4, -0.2) is 15.6 Å². The number of halogens is 1. The molecule has 0 aliphatic carbocycles. The highest BCUT2D eigenvalue weighted by Crippen LogP contribution is 2.29. The van der Waals surface area contributed by atoms with Gasteiger partial charge in [0.25, 0.3) is 0 Å². The normalized spacial score (nSPS) is 10.6. The monoisotopic (exact) mass is 292 g/mol. The van der Waals surface area contributed by atoms with Gasteiger partial charge in [-0.15, -0.1) is 0 Å². The molecule has 0 radical (unpaired) electrons. The van der Waals surface area contributed by atoms with Crippen molar-refractivity contribution in [3.63, 3.8) is 0 Å². The number of nitrogens with zero attached hydrogens (tertiary/aromatic N) is 2. The minimum atomic E-state index is -0.0599. The predicted octanol–water partition coefficient (Wildman–Crippen LogP) is 3.02. The molecule has 0 saturated carbocycles. The molecule has 2 rings (SSSR count). The molecule has 0 aliphatic rings. The number of hydrogen-bond acceptors (Lipinski definition) is 3. The van der Waals surface area contributed by atoms with Gasteiger partial charge in [-0.1, -0.05) is 18.5 Å². The lowest BCUT2D eigenvalue weighted by Crippen LogP contribution is -2.13. The van der Waals surface area contributed by atoms with Crippen molar-refractivity contribution in [3.05, 3.63) is 40.0 Å². The Morgan fingerprint density at radius 2 is 2.20 bits per heavy atom. The molecule has 0 spiro atoms. The number of ether oxygens (including phenoxy) is 1. The topological polar surface area (TPSA) is 76.9 Å². The summed E-state index contributed by atoms with van der Waals surface area (Å²) in [6.45, 7) is 3.82. The van der Waals surface area contributed by atoms with Crippen LogP contribution < -0.4 is 10.5 Å². The zero-order chi connectivity index (χ0) is 14.9. The highest BCUT2D eigenvalue weighted by Gasteiger charge is 2.18. The second-order valence-electron chi connectivity index (χ2n) is 4.51. The van der Waals surface area contributed by atoms with E-state index in [0.717, 1.165) is 12.0 Å². The maximum atomic E-state index is 7.63. The van der Waals surface area contributed by atoms with Gasteiger partial charge in [0.2, 0.25) is 5.88 Å². The molecule has 6 heteroatoms. The summed E-state index contributed by atoms with van der Waals surface area (Å²) in [5.41, 5.74) is 7.78. The van der Waals surface area contributed by atoms with E-state index in [0.29, 0.717) is 27.9 Å². The summed E-state index contributed by atoms with van der Waals surface area (Å²) >= 11 is 6.09. The summed E-state index contributed by atoms with van der Waals surface area (Å²) in [5.74, 6) is 1.05. The van der Waals surface area contributed by atoms with Gasteiger partial charge in [0, 0.05) is 12.1 Å². The summed E-state index contributed by atoms with van der Waals surface area (Å²) < 4.78 is 7.42. The van der Waals surface area contributed by atoms with Crippen LogP contribution >= 0.6 is 11.6 Å². The minimum absolute atomic E-state index is 0.0599. The zero-order valence-electron chi connectivity index (χ0n) is 11.7. The molecule has 3 N–H and O–H groups in total. The molecule has 1 heterocycles. The molecule has 106 valence electrons. The first-order valence-corrected chi connectivity index (χ1v) is 6.66. The maximum Gasteiger partial charge on any atom is 0.228 e. The van der Waals surface area contributed by atoms with E-state index < -0.39 is 0 Å². The van der Waals surface area contributed by atoms with Crippen molar-refractivity contribution < 1.29 is 4.74 Å². The van der Waals surface area contributed by atoms with Gasteiger partial charge in [0.15, 0.2) is 0 Å². The SMILES string of the molecule is CCc1cc(Oc2c(C(=N)N)c(C)nn2C)ccc1Cl. The first-order chi connectivity index (χ1) is 9.43. The fraction of sp³-hybridized carbons (Fsp3) is 0.286. The van der Waals surface area contributed by atoms with Crippen LogP contribution in [0, 0.1) is 12.3 Å². The van der Waals surface area contributed by atoms with Crippen molar-refractivity contribution in [2.45, 2.75) is 20.3 Å². The summed E-state index contributed by atoms with van der Waals surface area (Å²) in [7, 11) is 1.76. The highest BCUT2D eigenvalue weighted by atomic mass is 35.5. The van der Waals surface area contributed by atoms with Gasteiger partial charge in [-0.05, 0) is 37.1 Å². The van der Waals surface area contributed by atoms with Crippen LogP contribution in [-0.2, 0) is 13.5 Å². The summed E-state index contributed by atoms with van der Waals surface area (Å²) in [6, 6.07) is 5.47. The summed E-state index contributed by atoms with van der Waals surface area (Å²) in [5, 5.41) is 12.6. The largest absolute Gasteiger partial charge is 0.438 e. The van der Waals surface area contributed by atoms with Crippen LogP contribution in [0.3, 0.4) is 0 Å². The Morgan fingerprint density at radius 3 is 2.80 bits per heavy atom. The molecule has 0 unspecified atom stereocenters. The lowest BCUT2D eigenvalue weighted by molar-refractivity contribution is 0.429. The second-order valence-corrected chi connectivity index (χ2v) is 4.92. The van der Waals surface area contributed by atoms with Crippen molar-refractivity contribution in [2.75, 3.05) is 0 Å². The number of aromatic nitrogens is 2. The smallest absolute Gasteiger partial charge is 0.228 e. The van der Waals surface area contributed by atoms with E-state index in [2.05, 4.69) is 5.10 Å². The summed E-state index contributed by atoms with van der Waals surface area (Å²) in [6.07, 6.45) is 0.819. The maximum absolute atomic E-state index is 7.63. The average Bonchev–Trinajstić information content (AvgIpc) is 2.66. The van der Waals surface area contributed by atoms with E-state index in [4.69, 9.17) is 27.5 Å². The Morgan fingerprint density at radius 1 is 1.50 bits per heavy atom. The number of benzene rings is 1. The van der Waals surface area contributed by atoms with Crippen LogP contribution in [0.2, 0.25) is 5.02 Å². The molecule has 0 fully saturated rings. The van der Waals surface area contributed by atoms with Gasteiger partial charge in [-0.2, -0.15) is 5.10 Å². The Balaban J connectivity index is 2.42. The third-order valence-electron chi connectivity index (χ3n) is 3.05. The molecule has 0 bridgehead atoms. The fourth-order valence-electron chi connectivity index (χ4n) is 2.06. The molecule has 1 aromatic heterocycles. The lowest BCUT2D eigenvalue weighted by atomic mass is 10.1. The number of nitrogens with two attached hydrogens (primary N) is 1. The predicted molar refractivity (Wildman–Crippen MR) is 79.9 cm³/mol. The van der Waals surface area contributed by atoms with Crippen LogP contribution in [0.1, 0.15) is 23.7 Å². The number of rotatable bonds is 4. The highest BCUT2D eigenvalue weighted by molar-refractivity contribution is 6.31. The molecule has 0 aliphatic heterocycles. The molecule has 0 atom stereocenters. The minimum Gasteiger partial charge on any atom is -0.438 e. The van der Waals surface area contributed by atoms with Crippen LogP contribution in [0.4, 0.5) is 0 Å². The van der Waals surface area contributed by atoms with Crippen LogP contribution in [0.5, 0.6) is 11.6 Å². The van der Waals surface area contributed by atoms with Crippen molar-refractivity contribution in [1.82, 2.24) is 9.78 Å². The third-order valence-corrected chi connectivity index (χ3v) is 3.42. The first kappa shape index (κ1) is 14.4. The Kier molecular flexibility index (Phi) is 3.99. The number of nitrogen functional groups attached to an aromatic ring is 1. The van der Waals surface area contributed by atoms with Crippen LogP contribution in [0.25, 0.3) is 0 Å². The molecule has 0 amide bonds. The summed E-state index contributed by atoms with van der Waals surface area (Å²) in [4.78, 5) is 0. The Labute approximate surface area is 122 Å². The van der Waals surface area contributed by atoms with E-state index in [9.17, 15) is 0 Å². The Hall–Kier alpha value is -2.01. The van der Waals surface area contributed by atoms with Crippen molar-refractivity contribution in [1.29, 1.82) is 5.41 Å². The Bertz CT molecular complexity index is 663. The molecular formula is C14H17ClN4O. The van der Waals surface area contributed by atoms with Gasteiger partial charge in [-0.3, -0.25) is 5.41 Å². The third kappa shape index (κ3) is 2.63. The molecule has 0 saturated heterocycles. The molecule has 1 aromatic carbocycles. The van der Waals surface area contributed by atoms with Crippen molar-refractivity contribution in [2.24, 2.45) is 12.8 Å². The quantitative estimate of drug-likeness (QED) is 0.672.